The standard InChI is InChI=1S/C19H22Cl2N4O2.HI/c1-12(2)27-15-6-4-14(5-7-15)25-19(22)24-10-9-23-18(26)13-3-8-16(20)17(21)11-13;/h3-8,11-12H,9-10H2,1-2H3,(H,23,26)(H3,22,24,25);1H. The van der Waals surface area contributed by atoms with Crippen LogP contribution in [0.1, 0.15) is 24.2 Å². The second-order valence-corrected chi connectivity index (χ2v) is 6.78. The largest absolute Gasteiger partial charge is 0.491 e. The Hall–Kier alpha value is -1.71. The van der Waals surface area contributed by atoms with Crippen LogP contribution in [0.4, 0.5) is 5.69 Å². The zero-order valence-electron chi connectivity index (χ0n) is 15.5. The zero-order chi connectivity index (χ0) is 19.8. The van der Waals surface area contributed by atoms with E-state index in [4.69, 9.17) is 33.7 Å². The Morgan fingerprint density at radius 1 is 1.14 bits per heavy atom. The SMILES string of the molecule is CC(C)Oc1ccc(NC(N)=NCCNC(=O)c2ccc(Cl)c(Cl)c2)cc1.I. The highest BCUT2D eigenvalue weighted by molar-refractivity contribution is 14.0. The van der Waals surface area contributed by atoms with E-state index in [-0.39, 0.29) is 41.9 Å². The van der Waals surface area contributed by atoms with E-state index in [1.54, 1.807) is 12.1 Å². The molecule has 0 heterocycles. The molecule has 0 fully saturated rings. The molecule has 0 spiro atoms. The maximum Gasteiger partial charge on any atom is 0.251 e. The van der Waals surface area contributed by atoms with Crippen LogP contribution in [0, 0.1) is 0 Å². The molecular weight excluding hydrogens is 514 g/mol. The number of nitrogens with zero attached hydrogens (tertiary/aromatic N) is 1. The van der Waals surface area contributed by atoms with Crippen LogP contribution in [0.2, 0.25) is 10.0 Å². The molecule has 1 amide bonds. The number of carbonyl (C=O) groups excluding carboxylic acids is 1. The highest BCUT2D eigenvalue weighted by Gasteiger charge is 2.07. The fourth-order valence-corrected chi connectivity index (χ4v) is 2.46. The van der Waals surface area contributed by atoms with Crippen LogP contribution in [0.3, 0.4) is 0 Å². The van der Waals surface area contributed by atoms with Crippen molar-refractivity contribution in [2.24, 2.45) is 10.7 Å². The van der Waals surface area contributed by atoms with E-state index in [1.807, 2.05) is 38.1 Å². The Kier molecular flexibility index (Phi) is 10.4. The second kappa shape index (κ2) is 12.0. The first-order chi connectivity index (χ1) is 12.8. The molecule has 28 heavy (non-hydrogen) atoms. The quantitative estimate of drug-likeness (QED) is 0.209. The number of benzene rings is 2. The van der Waals surface area contributed by atoms with Gasteiger partial charge in [0.05, 0.1) is 22.7 Å². The third-order valence-corrected chi connectivity index (χ3v) is 4.10. The molecule has 4 N–H and O–H groups in total. The fraction of sp³-hybridized carbons (Fsp3) is 0.263. The van der Waals surface area contributed by atoms with Gasteiger partial charge in [0, 0.05) is 17.8 Å². The van der Waals surface area contributed by atoms with E-state index in [1.165, 1.54) is 6.07 Å². The molecule has 2 aromatic rings. The maximum atomic E-state index is 12.0. The van der Waals surface area contributed by atoms with Gasteiger partial charge in [0.15, 0.2) is 5.96 Å². The van der Waals surface area contributed by atoms with Crippen molar-refractivity contribution >= 4 is 64.7 Å². The third kappa shape index (κ3) is 8.12. The summed E-state index contributed by atoms with van der Waals surface area (Å²) in [5, 5.41) is 6.46. The van der Waals surface area contributed by atoms with E-state index < -0.39 is 0 Å². The molecule has 6 nitrogen and oxygen atoms in total. The van der Waals surface area contributed by atoms with Crippen molar-refractivity contribution in [3.63, 3.8) is 0 Å². The number of nitrogens with two attached hydrogens (primary N) is 1. The normalized spacial score (nSPS) is 11.0. The molecule has 0 aliphatic carbocycles. The van der Waals surface area contributed by atoms with Gasteiger partial charge in [-0.1, -0.05) is 23.2 Å². The van der Waals surface area contributed by atoms with Gasteiger partial charge in [-0.2, -0.15) is 0 Å². The minimum absolute atomic E-state index is 0. The number of carbonyl (C=O) groups is 1. The van der Waals surface area contributed by atoms with Gasteiger partial charge >= 0.3 is 0 Å². The van der Waals surface area contributed by atoms with Crippen LogP contribution < -0.4 is 21.1 Å². The number of rotatable bonds is 7. The summed E-state index contributed by atoms with van der Waals surface area (Å²) < 4.78 is 5.58. The third-order valence-electron chi connectivity index (χ3n) is 3.36. The maximum absolute atomic E-state index is 12.0. The molecule has 0 atom stereocenters. The summed E-state index contributed by atoms with van der Waals surface area (Å²) in [6.45, 7) is 4.61. The molecule has 2 rings (SSSR count). The Bertz CT molecular complexity index is 814. The molecule has 0 radical (unpaired) electrons. The number of aliphatic imine (C=N–C) groups is 1. The lowest BCUT2D eigenvalue weighted by atomic mass is 10.2. The van der Waals surface area contributed by atoms with Gasteiger partial charge < -0.3 is 21.1 Å². The Morgan fingerprint density at radius 2 is 1.82 bits per heavy atom. The van der Waals surface area contributed by atoms with Gasteiger partial charge in [0.25, 0.3) is 5.91 Å². The van der Waals surface area contributed by atoms with E-state index in [9.17, 15) is 4.79 Å². The number of hydrogen-bond acceptors (Lipinski definition) is 3. The molecule has 0 unspecified atom stereocenters. The van der Waals surface area contributed by atoms with Crippen molar-refractivity contribution < 1.29 is 9.53 Å². The van der Waals surface area contributed by atoms with E-state index in [0.29, 0.717) is 28.7 Å². The average molecular weight is 537 g/mol. The topological polar surface area (TPSA) is 88.7 Å². The van der Waals surface area contributed by atoms with Gasteiger partial charge in [-0.15, -0.1) is 24.0 Å². The van der Waals surface area contributed by atoms with Crippen LogP contribution in [-0.4, -0.2) is 31.1 Å². The van der Waals surface area contributed by atoms with Gasteiger partial charge in [0.1, 0.15) is 5.75 Å². The smallest absolute Gasteiger partial charge is 0.251 e. The Labute approximate surface area is 191 Å². The number of nitrogens with one attached hydrogen (secondary N) is 2. The highest BCUT2D eigenvalue weighted by atomic mass is 127. The molecule has 152 valence electrons. The van der Waals surface area contributed by atoms with E-state index in [0.717, 1.165) is 11.4 Å². The second-order valence-electron chi connectivity index (χ2n) is 5.97. The van der Waals surface area contributed by atoms with Crippen molar-refractivity contribution in [1.29, 1.82) is 0 Å². The number of anilines is 1. The van der Waals surface area contributed by atoms with Gasteiger partial charge in [0.2, 0.25) is 0 Å². The van der Waals surface area contributed by atoms with Crippen molar-refractivity contribution in [2.75, 3.05) is 18.4 Å². The molecule has 0 aliphatic rings. The molecular formula is C19H23Cl2IN4O2. The van der Waals surface area contributed by atoms with Gasteiger partial charge in [-0.05, 0) is 56.3 Å². The predicted octanol–water partition coefficient (Wildman–Crippen LogP) is 4.56. The number of ether oxygens (including phenoxy) is 1. The molecule has 2 aromatic carbocycles. The zero-order valence-corrected chi connectivity index (χ0v) is 19.4. The van der Waals surface area contributed by atoms with E-state index >= 15 is 0 Å². The first-order valence-electron chi connectivity index (χ1n) is 8.42. The Morgan fingerprint density at radius 3 is 2.43 bits per heavy atom. The van der Waals surface area contributed by atoms with Crippen LogP contribution >= 0.6 is 47.2 Å². The Balaban J connectivity index is 0.00000392. The lowest BCUT2D eigenvalue weighted by Crippen LogP contribution is -2.28. The lowest BCUT2D eigenvalue weighted by molar-refractivity contribution is 0.0955. The van der Waals surface area contributed by atoms with Crippen LogP contribution in [0.25, 0.3) is 0 Å². The summed E-state index contributed by atoms with van der Waals surface area (Å²) in [4.78, 5) is 16.2. The lowest BCUT2D eigenvalue weighted by Gasteiger charge is -2.11. The van der Waals surface area contributed by atoms with Crippen LogP contribution in [-0.2, 0) is 0 Å². The molecule has 0 saturated heterocycles. The van der Waals surface area contributed by atoms with Crippen molar-refractivity contribution in [3.05, 3.63) is 58.1 Å². The van der Waals surface area contributed by atoms with Gasteiger partial charge in [-0.3, -0.25) is 9.79 Å². The summed E-state index contributed by atoms with van der Waals surface area (Å²) in [5.74, 6) is 0.795. The molecule has 0 saturated carbocycles. The predicted molar refractivity (Wildman–Crippen MR) is 127 cm³/mol. The van der Waals surface area contributed by atoms with E-state index in [2.05, 4.69) is 15.6 Å². The minimum Gasteiger partial charge on any atom is -0.491 e. The number of halogens is 3. The minimum atomic E-state index is -0.254. The van der Waals surface area contributed by atoms with Crippen LogP contribution in [0.5, 0.6) is 5.75 Å². The highest BCUT2D eigenvalue weighted by Crippen LogP contribution is 2.22. The molecule has 0 aromatic heterocycles. The summed E-state index contributed by atoms with van der Waals surface area (Å²) in [6.07, 6.45) is 0.120. The monoisotopic (exact) mass is 536 g/mol. The summed E-state index contributed by atoms with van der Waals surface area (Å²) in [6, 6.07) is 12.1. The first-order valence-corrected chi connectivity index (χ1v) is 9.17. The number of hydrogen-bond donors (Lipinski definition) is 3. The molecule has 0 bridgehead atoms. The molecule has 0 aliphatic heterocycles. The summed E-state index contributed by atoms with van der Waals surface area (Å²) in [5.41, 5.74) is 7.08. The van der Waals surface area contributed by atoms with Crippen LogP contribution in [0.15, 0.2) is 47.5 Å². The average Bonchev–Trinajstić information content (AvgIpc) is 2.62. The van der Waals surface area contributed by atoms with Crippen molar-refractivity contribution in [2.45, 2.75) is 20.0 Å². The summed E-state index contributed by atoms with van der Waals surface area (Å²) in [7, 11) is 0. The van der Waals surface area contributed by atoms with Gasteiger partial charge in [-0.25, -0.2) is 0 Å². The number of guanidine groups is 1. The van der Waals surface area contributed by atoms with Crippen molar-refractivity contribution in [3.8, 4) is 5.75 Å². The summed E-state index contributed by atoms with van der Waals surface area (Å²) >= 11 is 11.7. The van der Waals surface area contributed by atoms with Crippen molar-refractivity contribution in [1.82, 2.24) is 5.32 Å². The molecule has 9 heteroatoms. The number of amides is 1. The first kappa shape index (κ1) is 24.3. The fourth-order valence-electron chi connectivity index (χ4n) is 2.16.